The monoisotopic (exact) mass is 318 g/mol. The third kappa shape index (κ3) is 1.71. The zero-order valence-corrected chi connectivity index (χ0v) is 14.5. The van der Waals surface area contributed by atoms with Crippen LogP contribution in [0.25, 0.3) is 0 Å². The lowest BCUT2D eigenvalue weighted by molar-refractivity contribution is -0.204. The fraction of sp³-hybridized carbons (Fsp3) is 0.850. The standard InChI is InChI=1S/C20H30O3/c1-12-13-5-6-14-19(3)8-4-7-18(2,11-21)15(19)9-16(22)20(14,10-13)17(12)23/h13-16,21-22H,1,4-11H2,2-3H3/t13-,14+,15-,16-,18?,19+,20-/m1/s1. The number of carbonyl (C=O) groups is 1. The van der Waals surface area contributed by atoms with Crippen LogP contribution in [0.1, 0.15) is 58.8 Å². The van der Waals surface area contributed by atoms with Gasteiger partial charge in [0.05, 0.1) is 11.5 Å². The van der Waals surface area contributed by atoms with E-state index in [1.807, 2.05) is 0 Å². The molecule has 0 radical (unpaired) electrons. The van der Waals surface area contributed by atoms with E-state index >= 15 is 0 Å². The molecule has 0 aliphatic heterocycles. The number of hydrogen-bond donors (Lipinski definition) is 2. The highest BCUT2D eigenvalue weighted by atomic mass is 16.3. The van der Waals surface area contributed by atoms with Gasteiger partial charge in [0.2, 0.25) is 0 Å². The topological polar surface area (TPSA) is 57.5 Å². The van der Waals surface area contributed by atoms with Crippen molar-refractivity contribution in [3.8, 4) is 0 Å². The van der Waals surface area contributed by atoms with Crippen molar-refractivity contribution in [1.29, 1.82) is 0 Å². The van der Waals surface area contributed by atoms with E-state index < -0.39 is 11.5 Å². The van der Waals surface area contributed by atoms with E-state index in [9.17, 15) is 15.0 Å². The molecule has 4 aliphatic carbocycles. The third-order valence-electron chi connectivity index (χ3n) is 8.53. The second-order valence-electron chi connectivity index (χ2n) is 9.40. The van der Waals surface area contributed by atoms with Crippen molar-refractivity contribution in [2.24, 2.45) is 34.0 Å². The average Bonchev–Trinajstić information content (AvgIpc) is 2.72. The van der Waals surface area contributed by atoms with E-state index in [0.29, 0.717) is 18.3 Å². The Bertz CT molecular complexity index is 569. The Morgan fingerprint density at radius 1 is 1.22 bits per heavy atom. The van der Waals surface area contributed by atoms with Gasteiger partial charge in [-0.25, -0.2) is 0 Å². The molecule has 4 rings (SSSR count). The first-order chi connectivity index (χ1) is 10.8. The molecule has 7 atom stereocenters. The minimum Gasteiger partial charge on any atom is -0.396 e. The van der Waals surface area contributed by atoms with Crippen LogP contribution in [0.3, 0.4) is 0 Å². The van der Waals surface area contributed by atoms with Gasteiger partial charge in [0.25, 0.3) is 0 Å². The summed E-state index contributed by atoms with van der Waals surface area (Å²) in [6.07, 6.45) is 6.25. The van der Waals surface area contributed by atoms with Crippen molar-refractivity contribution >= 4 is 5.78 Å². The number of ketones is 1. The van der Waals surface area contributed by atoms with E-state index in [1.165, 1.54) is 0 Å². The summed E-state index contributed by atoms with van der Waals surface area (Å²) in [7, 11) is 0. The SMILES string of the molecule is C=C1C(=O)[C@]23C[C@H]1CC[C@H]2[C@]1(C)CCCC(C)(CO)[C@H]1C[C@H]3O. The summed E-state index contributed by atoms with van der Waals surface area (Å²) in [6.45, 7) is 8.78. The normalized spacial score (nSPS) is 55.5. The Morgan fingerprint density at radius 3 is 2.65 bits per heavy atom. The first kappa shape index (κ1) is 15.8. The van der Waals surface area contributed by atoms with Gasteiger partial charge in [-0.1, -0.05) is 26.8 Å². The highest BCUT2D eigenvalue weighted by molar-refractivity contribution is 6.03. The highest BCUT2D eigenvalue weighted by Gasteiger charge is 2.70. The molecular formula is C20H30O3. The molecule has 0 saturated heterocycles. The maximum absolute atomic E-state index is 13.1. The Morgan fingerprint density at radius 2 is 1.96 bits per heavy atom. The predicted octanol–water partition coefficient (Wildman–Crippen LogP) is 3.10. The van der Waals surface area contributed by atoms with Crippen molar-refractivity contribution in [3.63, 3.8) is 0 Å². The molecule has 4 aliphatic rings. The summed E-state index contributed by atoms with van der Waals surface area (Å²) in [5.41, 5.74) is 0.138. The van der Waals surface area contributed by atoms with Crippen molar-refractivity contribution in [3.05, 3.63) is 12.2 Å². The summed E-state index contributed by atoms with van der Waals surface area (Å²) in [4.78, 5) is 13.1. The first-order valence-corrected chi connectivity index (χ1v) is 9.32. The summed E-state index contributed by atoms with van der Waals surface area (Å²) in [5, 5.41) is 21.2. The number of aliphatic hydroxyl groups excluding tert-OH is 2. The number of Topliss-reactive ketones (excluding diaryl/α,β-unsaturated/α-hetero) is 1. The summed E-state index contributed by atoms with van der Waals surface area (Å²) < 4.78 is 0. The predicted molar refractivity (Wildman–Crippen MR) is 88.7 cm³/mol. The van der Waals surface area contributed by atoms with Gasteiger partial charge in [0.1, 0.15) is 0 Å². The third-order valence-corrected chi connectivity index (χ3v) is 8.53. The molecule has 2 N–H and O–H groups in total. The van der Waals surface area contributed by atoms with E-state index in [4.69, 9.17) is 0 Å². The van der Waals surface area contributed by atoms with E-state index in [2.05, 4.69) is 20.4 Å². The average molecular weight is 318 g/mol. The Hall–Kier alpha value is -0.670. The van der Waals surface area contributed by atoms with Crippen LogP contribution in [0.4, 0.5) is 0 Å². The summed E-state index contributed by atoms with van der Waals surface area (Å²) >= 11 is 0. The van der Waals surface area contributed by atoms with Crippen LogP contribution >= 0.6 is 0 Å². The van der Waals surface area contributed by atoms with Crippen molar-refractivity contribution in [2.75, 3.05) is 6.61 Å². The van der Waals surface area contributed by atoms with Gasteiger partial charge in [-0.3, -0.25) is 4.79 Å². The van der Waals surface area contributed by atoms with Crippen LogP contribution < -0.4 is 0 Å². The Kier molecular flexibility index (Phi) is 3.23. The zero-order chi connectivity index (χ0) is 16.6. The van der Waals surface area contributed by atoms with Gasteiger partial charge in [0.15, 0.2) is 5.78 Å². The lowest BCUT2D eigenvalue weighted by atomic mass is 9.40. The van der Waals surface area contributed by atoms with E-state index in [1.54, 1.807) is 0 Å². The molecule has 4 saturated carbocycles. The minimum atomic E-state index is -0.570. The van der Waals surface area contributed by atoms with Gasteiger partial charge in [0, 0.05) is 6.61 Å². The van der Waals surface area contributed by atoms with E-state index in [-0.39, 0.29) is 29.1 Å². The number of carbonyl (C=O) groups excluding carboxylic acids is 1. The number of fused-ring (bicyclic) bond motifs is 3. The molecule has 23 heavy (non-hydrogen) atoms. The fourth-order valence-electron chi connectivity index (χ4n) is 7.36. The lowest BCUT2D eigenvalue weighted by Gasteiger charge is -2.64. The lowest BCUT2D eigenvalue weighted by Crippen LogP contribution is -2.63. The second kappa shape index (κ2) is 4.70. The second-order valence-corrected chi connectivity index (χ2v) is 9.40. The van der Waals surface area contributed by atoms with Gasteiger partial charge >= 0.3 is 0 Å². The van der Waals surface area contributed by atoms with Gasteiger partial charge in [-0.2, -0.15) is 0 Å². The molecule has 0 aromatic carbocycles. The van der Waals surface area contributed by atoms with Crippen LogP contribution in [0.2, 0.25) is 0 Å². The van der Waals surface area contributed by atoms with Gasteiger partial charge in [-0.05, 0) is 72.7 Å². The number of aliphatic hydroxyl groups is 2. The molecule has 0 aromatic heterocycles. The number of allylic oxidation sites excluding steroid dienone is 1. The quantitative estimate of drug-likeness (QED) is 0.731. The first-order valence-electron chi connectivity index (χ1n) is 9.32. The molecule has 0 amide bonds. The fourth-order valence-corrected chi connectivity index (χ4v) is 7.36. The van der Waals surface area contributed by atoms with Crippen LogP contribution in [0.15, 0.2) is 12.2 Å². The molecule has 0 heterocycles. The van der Waals surface area contributed by atoms with Crippen LogP contribution in [0.5, 0.6) is 0 Å². The Labute approximate surface area is 139 Å². The maximum Gasteiger partial charge on any atom is 0.167 e. The van der Waals surface area contributed by atoms with Crippen molar-refractivity contribution < 1.29 is 15.0 Å². The Balaban J connectivity index is 1.83. The molecular weight excluding hydrogens is 288 g/mol. The van der Waals surface area contributed by atoms with Gasteiger partial charge in [-0.15, -0.1) is 0 Å². The molecule has 2 bridgehead atoms. The number of rotatable bonds is 1. The smallest absolute Gasteiger partial charge is 0.167 e. The van der Waals surface area contributed by atoms with Crippen LogP contribution in [-0.2, 0) is 4.79 Å². The summed E-state index contributed by atoms with van der Waals surface area (Å²) in [5.74, 6) is 1.00. The molecule has 0 aromatic rings. The van der Waals surface area contributed by atoms with Crippen molar-refractivity contribution in [2.45, 2.75) is 64.9 Å². The molecule has 128 valence electrons. The molecule has 3 heteroatoms. The zero-order valence-electron chi connectivity index (χ0n) is 14.5. The minimum absolute atomic E-state index is 0.0558. The van der Waals surface area contributed by atoms with Crippen LogP contribution in [-0.4, -0.2) is 28.7 Å². The van der Waals surface area contributed by atoms with Crippen molar-refractivity contribution in [1.82, 2.24) is 0 Å². The molecule has 4 fully saturated rings. The molecule has 1 unspecified atom stereocenters. The van der Waals surface area contributed by atoms with Crippen LogP contribution in [0, 0.1) is 34.0 Å². The van der Waals surface area contributed by atoms with E-state index in [0.717, 1.165) is 44.1 Å². The maximum atomic E-state index is 13.1. The highest BCUT2D eigenvalue weighted by Crippen LogP contribution is 2.70. The largest absolute Gasteiger partial charge is 0.396 e. The molecule has 1 spiro atoms. The summed E-state index contributed by atoms with van der Waals surface area (Å²) in [6, 6.07) is 0. The molecule has 3 nitrogen and oxygen atoms in total. The van der Waals surface area contributed by atoms with Gasteiger partial charge < -0.3 is 10.2 Å². The number of hydrogen-bond acceptors (Lipinski definition) is 3.